The molecule has 0 fully saturated rings. The summed E-state index contributed by atoms with van der Waals surface area (Å²) in [6.07, 6.45) is 0. The van der Waals surface area contributed by atoms with E-state index >= 15 is 0 Å². The first-order valence-corrected chi connectivity index (χ1v) is 9.13. The van der Waals surface area contributed by atoms with Crippen LogP contribution >= 0.6 is 12.0 Å². The average molecular weight is 383 g/mol. The van der Waals surface area contributed by atoms with E-state index in [1.54, 1.807) is 0 Å². The number of anilines is 1. The van der Waals surface area contributed by atoms with Crippen molar-refractivity contribution >= 4 is 48.7 Å². The zero-order chi connectivity index (χ0) is 17.4. The third-order valence-corrected chi connectivity index (χ3v) is 4.99. The molecule has 0 aliphatic heterocycles. The van der Waals surface area contributed by atoms with E-state index in [1.165, 1.54) is 12.1 Å². The summed E-state index contributed by atoms with van der Waals surface area (Å²) >= 11 is 0.500. The minimum Gasteiger partial charge on any atom is -0.398 e. The second kappa shape index (κ2) is 6.21. The van der Waals surface area contributed by atoms with Gasteiger partial charge in [-0.3, -0.25) is 9.11 Å². The molecule has 0 radical (unpaired) electrons. The van der Waals surface area contributed by atoms with Gasteiger partial charge in [-0.1, -0.05) is 5.04 Å². The summed E-state index contributed by atoms with van der Waals surface area (Å²) in [5, 5.41) is 11.4. The number of benzene rings is 2. The van der Waals surface area contributed by atoms with Crippen molar-refractivity contribution in [3.05, 3.63) is 24.3 Å². The van der Waals surface area contributed by atoms with Gasteiger partial charge in [-0.25, -0.2) is 5.26 Å². The standard InChI is InChI=1S/C10H9NO9S3/c11-8-3-6(21-20-19-12)1-5-2-7(22(13,14)15)4-9(10(5)8)23(16,17)18/h1-4,12H,11H2,(H,13,14,15)(H,16,17,18). The van der Waals surface area contributed by atoms with Crippen molar-refractivity contribution in [2.24, 2.45) is 0 Å². The van der Waals surface area contributed by atoms with Crippen LogP contribution in [0.4, 0.5) is 5.69 Å². The molecule has 0 saturated carbocycles. The van der Waals surface area contributed by atoms with E-state index in [0.29, 0.717) is 18.1 Å². The predicted octanol–water partition coefficient (Wildman–Crippen LogP) is 1.34. The molecule has 0 aromatic heterocycles. The summed E-state index contributed by atoms with van der Waals surface area (Å²) in [5.41, 5.74) is 5.60. The fourth-order valence-corrected chi connectivity index (χ4v) is 3.75. The molecule has 23 heavy (non-hydrogen) atoms. The number of hydrogen-bond donors (Lipinski definition) is 4. The Labute approximate surface area is 134 Å². The van der Waals surface area contributed by atoms with E-state index in [9.17, 15) is 21.4 Å². The molecule has 126 valence electrons. The van der Waals surface area contributed by atoms with Crippen molar-refractivity contribution in [2.45, 2.75) is 14.7 Å². The third-order valence-electron chi connectivity index (χ3n) is 2.73. The maximum atomic E-state index is 11.5. The number of hydrogen-bond acceptors (Lipinski definition) is 9. The fourth-order valence-electron chi connectivity index (χ4n) is 1.91. The molecule has 2 rings (SSSR count). The summed E-state index contributed by atoms with van der Waals surface area (Å²) < 4.78 is 68.0. The molecule has 0 amide bonds. The first-order valence-electron chi connectivity index (χ1n) is 5.51. The van der Waals surface area contributed by atoms with Gasteiger partial charge in [-0.15, -0.1) is 4.33 Å². The van der Waals surface area contributed by atoms with Crippen molar-refractivity contribution in [2.75, 3.05) is 5.73 Å². The summed E-state index contributed by atoms with van der Waals surface area (Å²) in [4.78, 5) is -1.31. The van der Waals surface area contributed by atoms with Crippen LogP contribution in [0.5, 0.6) is 0 Å². The van der Waals surface area contributed by atoms with Gasteiger partial charge in [0.05, 0.1) is 16.9 Å². The Morgan fingerprint density at radius 1 is 1.00 bits per heavy atom. The Morgan fingerprint density at radius 2 is 1.65 bits per heavy atom. The molecule has 2 aromatic rings. The second-order valence-electron chi connectivity index (χ2n) is 4.21. The molecule has 0 aliphatic rings. The van der Waals surface area contributed by atoms with E-state index < -0.39 is 30.0 Å². The Kier molecular flexibility index (Phi) is 4.84. The largest absolute Gasteiger partial charge is 0.398 e. The molecule has 0 atom stereocenters. The van der Waals surface area contributed by atoms with Gasteiger partial charge in [-0.2, -0.15) is 16.8 Å². The van der Waals surface area contributed by atoms with E-state index in [0.717, 1.165) is 6.07 Å². The van der Waals surface area contributed by atoms with Crippen molar-refractivity contribution in [1.82, 2.24) is 0 Å². The molecular weight excluding hydrogens is 374 g/mol. The fraction of sp³-hybridized carbons (Fsp3) is 0. The lowest BCUT2D eigenvalue weighted by molar-refractivity contribution is -0.432. The number of fused-ring (bicyclic) bond motifs is 1. The highest BCUT2D eigenvalue weighted by Crippen LogP contribution is 2.35. The van der Waals surface area contributed by atoms with Crippen molar-refractivity contribution in [1.29, 1.82) is 0 Å². The van der Waals surface area contributed by atoms with Crippen LogP contribution in [-0.4, -0.2) is 31.2 Å². The van der Waals surface area contributed by atoms with Crippen LogP contribution in [-0.2, 0) is 29.6 Å². The molecule has 5 N–H and O–H groups in total. The summed E-state index contributed by atoms with van der Waals surface area (Å²) in [5.74, 6) is 0. The van der Waals surface area contributed by atoms with Crippen LogP contribution in [0, 0.1) is 0 Å². The molecule has 0 unspecified atom stereocenters. The molecule has 0 spiro atoms. The van der Waals surface area contributed by atoms with Gasteiger partial charge in [0.1, 0.15) is 4.90 Å². The molecular formula is C10H9NO9S3. The van der Waals surface area contributed by atoms with Gasteiger partial charge in [0, 0.05) is 16.0 Å². The zero-order valence-electron chi connectivity index (χ0n) is 10.9. The second-order valence-corrected chi connectivity index (χ2v) is 7.79. The van der Waals surface area contributed by atoms with E-state index in [1.807, 2.05) is 0 Å². The summed E-state index contributed by atoms with van der Waals surface area (Å²) in [7, 11) is -9.56. The van der Waals surface area contributed by atoms with Gasteiger partial charge in [0.25, 0.3) is 20.2 Å². The van der Waals surface area contributed by atoms with Gasteiger partial charge in [0.2, 0.25) is 0 Å². The topological polar surface area (TPSA) is 173 Å². The maximum Gasteiger partial charge on any atom is 0.295 e. The van der Waals surface area contributed by atoms with Crippen LogP contribution < -0.4 is 5.73 Å². The van der Waals surface area contributed by atoms with E-state index in [4.69, 9.17) is 15.5 Å². The zero-order valence-corrected chi connectivity index (χ0v) is 13.4. The minimum atomic E-state index is -4.82. The van der Waals surface area contributed by atoms with E-state index in [2.05, 4.69) is 9.37 Å². The van der Waals surface area contributed by atoms with Crippen LogP contribution in [0.15, 0.2) is 39.0 Å². The highest BCUT2D eigenvalue weighted by Gasteiger charge is 2.22. The number of rotatable bonds is 5. The molecule has 10 nitrogen and oxygen atoms in total. The van der Waals surface area contributed by atoms with Crippen molar-refractivity contribution < 1.29 is 40.6 Å². The molecule has 13 heteroatoms. The highest BCUT2D eigenvalue weighted by atomic mass is 32.2. The SMILES string of the molecule is Nc1cc(SOOO)cc2cc(S(=O)(=O)O)cc(S(=O)(=O)O)c12. The van der Waals surface area contributed by atoms with Crippen LogP contribution in [0.2, 0.25) is 0 Å². The van der Waals surface area contributed by atoms with Gasteiger partial charge >= 0.3 is 0 Å². The van der Waals surface area contributed by atoms with E-state index in [-0.39, 0.29) is 21.4 Å². The molecule has 0 heterocycles. The average Bonchev–Trinajstić information content (AvgIpc) is 2.41. The van der Waals surface area contributed by atoms with Crippen LogP contribution in [0.25, 0.3) is 10.8 Å². The predicted molar refractivity (Wildman–Crippen MR) is 78.6 cm³/mol. The minimum absolute atomic E-state index is 0.0169. The van der Waals surface area contributed by atoms with Gasteiger partial charge in [0.15, 0.2) is 0 Å². The lowest BCUT2D eigenvalue weighted by Gasteiger charge is -2.11. The molecule has 0 aliphatic carbocycles. The first-order chi connectivity index (χ1) is 10.5. The third kappa shape index (κ3) is 3.91. The summed E-state index contributed by atoms with van der Waals surface area (Å²) in [6.45, 7) is 0. The lowest BCUT2D eigenvalue weighted by Crippen LogP contribution is -2.06. The molecule has 0 bridgehead atoms. The Bertz CT molecular complexity index is 969. The Balaban J connectivity index is 2.88. The quantitative estimate of drug-likeness (QED) is 0.193. The molecule has 2 aromatic carbocycles. The maximum absolute atomic E-state index is 11.5. The summed E-state index contributed by atoms with van der Waals surface area (Å²) in [6, 6.07) is 4.04. The monoisotopic (exact) mass is 383 g/mol. The van der Waals surface area contributed by atoms with Crippen molar-refractivity contribution in [3.63, 3.8) is 0 Å². The van der Waals surface area contributed by atoms with Gasteiger partial charge < -0.3 is 5.73 Å². The Morgan fingerprint density at radius 3 is 2.17 bits per heavy atom. The van der Waals surface area contributed by atoms with Crippen molar-refractivity contribution in [3.8, 4) is 0 Å². The number of nitrogen functional groups attached to an aromatic ring is 1. The Hall–Kier alpha value is -1.45. The number of nitrogens with two attached hydrogens (primary N) is 1. The lowest BCUT2D eigenvalue weighted by atomic mass is 10.1. The smallest absolute Gasteiger partial charge is 0.295 e. The van der Waals surface area contributed by atoms with Crippen LogP contribution in [0.1, 0.15) is 0 Å². The highest BCUT2D eigenvalue weighted by molar-refractivity contribution is 7.94. The van der Waals surface area contributed by atoms with Crippen LogP contribution in [0.3, 0.4) is 0 Å². The molecule has 0 saturated heterocycles. The normalized spacial score (nSPS) is 12.7. The van der Waals surface area contributed by atoms with Gasteiger partial charge in [-0.05, 0) is 29.7 Å². The first kappa shape index (κ1) is 17.9.